The van der Waals surface area contributed by atoms with Crippen LogP contribution in [0.3, 0.4) is 0 Å². The van der Waals surface area contributed by atoms with Crippen molar-refractivity contribution in [2.24, 2.45) is 5.92 Å². The molecule has 2 aromatic heterocycles. The van der Waals surface area contributed by atoms with Crippen molar-refractivity contribution in [3.05, 3.63) is 41.3 Å². The Morgan fingerprint density at radius 1 is 1.12 bits per heavy atom. The van der Waals surface area contributed by atoms with Gasteiger partial charge in [-0.25, -0.2) is 9.07 Å². The zero-order valence-electron chi connectivity index (χ0n) is 14.1. The molecule has 0 aliphatic heterocycles. The Hall–Kier alpha value is -2.57. The second kappa shape index (κ2) is 6.90. The van der Waals surface area contributed by atoms with Gasteiger partial charge in [-0.2, -0.15) is 5.10 Å². The summed E-state index contributed by atoms with van der Waals surface area (Å²) >= 11 is 0. The van der Waals surface area contributed by atoms with E-state index in [0.29, 0.717) is 18.3 Å². The van der Waals surface area contributed by atoms with Gasteiger partial charge in [-0.1, -0.05) is 31.2 Å². The summed E-state index contributed by atoms with van der Waals surface area (Å²) in [6, 6.07) is 6.38. The van der Waals surface area contributed by atoms with Crippen LogP contribution >= 0.6 is 0 Å². The molecule has 0 saturated carbocycles. The normalized spacial score (nSPS) is 11.4. The van der Waals surface area contributed by atoms with Crippen LogP contribution in [-0.4, -0.2) is 31.7 Å². The Balaban J connectivity index is 1.92. The van der Waals surface area contributed by atoms with Crippen molar-refractivity contribution in [1.29, 1.82) is 0 Å². The molecule has 0 saturated heterocycles. The summed E-state index contributed by atoms with van der Waals surface area (Å²) in [6.45, 7) is 7.54. The lowest BCUT2D eigenvalue weighted by Crippen LogP contribution is -2.10. The third-order valence-electron chi connectivity index (χ3n) is 3.86. The molecule has 0 aliphatic carbocycles. The number of aromatic nitrogens is 5. The van der Waals surface area contributed by atoms with E-state index in [1.165, 1.54) is 12.1 Å². The van der Waals surface area contributed by atoms with Gasteiger partial charge in [0, 0.05) is 6.54 Å². The molecule has 0 fully saturated rings. The third-order valence-corrected chi connectivity index (χ3v) is 3.86. The number of fused-ring (bicyclic) bond motifs is 1. The average Bonchev–Trinajstić information content (AvgIpc) is 2.96. The Morgan fingerprint density at radius 3 is 2.58 bits per heavy atom. The van der Waals surface area contributed by atoms with Crippen molar-refractivity contribution in [1.82, 2.24) is 25.2 Å². The molecule has 24 heavy (non-hydrogen) atoms. The number of aryl methyl sites for hydroxylation is 1. The van der Waals surface area contributed by atoms with Gasteiger partial charge < -0.3 is 5.32 Å². The first-order valence-corrected chi connectivity index (χ1v) is 8.09. The summed E-state index contributed by atoms with van der Waals surface area (Å²) in [5.74, 6) is 1.04. The van der Waals surface area contributed by atoms with Crippen LogP contribution in [0.15, 0.2) is 24.3 Å². The Morgan fingerprint density at radius 2 is 1.88 bits per heavy atom. The Kier molecular flexibility index (Phi) is 4.69. The van der Waals surface area contributed by atoms with E-state index in [1.54, 1.807) is 16.8 Å². The van der Waals surface area contributed by atoms with E-state index in [0.717, 1.165) is 35.3 Å². The quantitative estimate of drug-likeness (QED) is 0.753. The van der Waals surface area contributed by atoms with Crippen molar-refractivity contribution >= 4 is 16.9 Å². The molecular formula is C17H21FN6. The van der Waals surface area contributed by atoms with Gasteiger partial charge in [-0.05, 0) is 37.0 Å². The maximum atomic E-state index is 13.1. The predicted octanol–water partition coefficient (Wildman–Crippen LogP) is 3.18. The molecule has 0 unspecified atom stereocenters. The predicted molar refractivity (Wildman–Crippen MR) is 91.3 cm³/mol. The fourth-order valence-electron chi connectivity index (χ4n) is 2.48. The Bertz CT molecular complexity index is 825. The number of anilines is 1. The molecule has 6 nitrogen and oxygen atoms in total. The zero-order valence-corrected chi connectivity index (χ0v) is 14.1. The highest BCUT2D eigenvalue weighted by molar-refractivity contribution is 5.86. The molecule has 1 N–H and O–H groups in total. The molecule has 126 valence electrons. The molecule has 0 radical (unpaired) electrons. The smallest absolute Gasteiger partial charge is 0.176 e. The first-order valence-electron chi connectivity index (χ1n) is 8.09. The SMILES string of the molecule is Cc1nnc(NCCC(C)C)c2c1nnn2Cc1ccc(F)cc1. The van der Waals surface area contributed by atoms with Gasteiger partial charge in [-0.15, -0.1) is 10.2 Å². The minimum absolute atomic E-state index is 0.250. The Labute approximate surface area is 140 Å². The summed E-state index contributed by atoms with van der Waals surface area (Å²) in [7, 11) is 0. The molecule has 1 aromatic carbocycles. The minimum atomic E-state index is -0.250. The number of halogens is 1. The van der Waals surface area contributed by atoms with Crippen LogP contribution in [-0.2, 0) is 6.54 Å². The summed E-state index contributed by atoms with van der Waals surface area (Å²) in [4.78, 5) is 0. The minimum Gasteiger partial charge on any atom is -0.367 e. The van der Waals surface area contributed by atoms with Crippen molar-refractivity contribution < 1.29 is 4.39 Å². The lowest BCUT2D eigenvalue weighted by atomic mass is 10.1. The fraction of sp³-hybridized carbons (Fsp3) is 0.412. The van der Waals surface area contributed by atoms with Crippen LogP contribution < -0.4 is 5.32 Å². The van der Waals surface area contributed by atoms with Gasteiger partial charge in [0.05, 0.1) is 12.2 Å². The van der Waals surface area contributed by atoms with E-state index in [2.05, 4.69) is 39.7 Å². The van der Waals surface area contributed by atoms with Crippen LogP contribution in [0.2, 0.25) is 0 Å². The van der Waals surface area contributed by atoms with Crippen LogP contribution in [0.5, 0.6) is 0 Å². The first kappa shape index (κ1) is 16.3. The number of rotatable bonds is 6. The van der Waals surface area contributed by atoms with Gasteiger partial charge >= 0.3 is 0 Å². The van der Waals surface area contributed by atoms with E-state index >= 15 is 0 Å². The monoisotopic (exact) mass is 328 g/mol. The number of nitrogens with zero attached hydrogens (tertiary/aromatic N) is 5. The van der Waals surface area contributed by atoms with Crippen molar-refractivity contribution in [2.75, 3.05) is 11.9 Å². The van der Waals surface area contributed by atoms with Gasteiger partial charge in [-0.3, -0.25) is 0 Å². The van der Waals surface area contributed by atoms with Gasteiger partial charge in [0.25, 0.3) is 0 Å². The number of hydrogen-bond donors (Lipinski definition) is 1. The first-order chi connectivity index (χ1) is 11.5. The van der Waals surface area contributed by atoms with Gasteiger partial charge in [0.15, 0.2) is 5.82 Å². The molecule has 0 atom stereocenters. The second-order valence-corrected chi connectivity index (χ2v) is 6.31. The highest BCUT2D eigenvalue weighted by Gasteiger charge is 2.15. The zero-order chi connectivity index (χ0) is 17.1. The fourth-order valence-corrected chi connectivity index (χ4v) is 2.48. The summed E-state index contributed by atoms with van der Waals surface area (Å²) < 4.78 is 14.9. The highest BCUT2D eigenvalue weighted by Crippen LogP contribution is 2.21. The van der Waals surface area contributed by atoms with E-state index in [-0.39, 0.29) is 5.82 Å². The molecule has 3 aromatic rings. The molecule has 0 amide bonds. The van der Waals surface area contributed by atoms with Crippen molar-refractivity contribution in [3.8, 4) is 0 Å². The van der Waals surface area contributed by atoms with Crippen molar-refractivity contribution in [3.63, 3.8) is 0 Å². The van der Waals surface area contributed by atoms with Crippen LogP contribution in [0.4, 0.5) is 10.2 Å². The third kappa shape index (κ3) is 3.50. The second-order valence-electron chi connectivity index (χ2n) is 6.31. The van der Waals surface area contributed by atoms with E-state index in [9.17, 15) is 4.39 Å². The molecule has 0 aliphatic rings. The molecule has 0 spiro atoms. The maximum absolute atomic E-state index is 13.1. The van der Waals surface area contributed by atoms with Gasteiger partial charge in [0.1, 0.15) is 16.9 Å². The van der Waals surface area contributed by atoms with E-state index in [1.807, 2.05) is 6.92 Å². The molecule has 0 bridgehead atoms. The molecule has 2 heterocycles. The van der Waals surface area contributed by atoms with E-state index < -0.39 is 0 Å². The van der Waals surface area contributed by atoms with Crippen LogP contribution in [0, 0.1) is 18.7 Å². The lowest BCUT2D eigenvalue weighted by molar-refractivity contribution is 0.606. The molecule has 7 heteroatoms. The topological polar surface area (TPSA) is 68.5 Å². The number of benzene rings is 1. The van der Waals surface area contributed by atoms with E-state index in [4.69, 9.17) is 0 Å². The van der Waals surface area contributed by atoms with Crippen molar-refractivity contribution in [2.45, 2.75) is 33.7 Å². The standard InChI is InChI=1S/C17H21FN6/c1-11(2)8-9-19-17-16-15(12(3)20-22-17)21-23-24(16)10-13-4-6-14(18)7-5-13/h4-7,11H,8-10H2,1-3H3,(H,19,22). The molecular weight excluding hydrogens is 307 g/mol. The maximum Gasteiger partial charge on any atom is 0.176 e. The summed E-state index contributed by atoms with van der Waals surface area (Å²) in [6.07, 6.45) is 1.04. The van der Waals surface area contributed by atoms with Gasteiger partial charge in [0.2, 0.25) is 0 Å². The lowest BCUT2D eigenvalue weighted by Gasteiger charge is -2.10. The number of nitrogens with one attached hydrogen (secondary N) is 1. The molecule has 3 rings (SSSR count). The summed E-state index contributed by atoms with van der Waals surface area (Å²) in [5, 5.41) is 20.2. The highest BCUT2D eigenvalue weighted by atomic mass is 19.1. The number of hydrogen-bond acceptors (Lipinski definition) is 5. The average molecular weight is 328 g/mol. The largest absolute Gasteiger partial charge is 0.367 e. The van der Waals surface area contributed by atoms with Crippen LogP contribution in [0.25, 0.3) is 11.0 Å². The summed E-state index contributed by atoms with van der Waals surface area (Å²) in [5.41, 5.74) is 3.25. The van der Waals surface area contributed by atoms with Crippen LogP contribution in [0.1, 0.15) is 31.5 Å².